The van der Waals surface area contributed by atoms with Gasteiger partial charge in [0.15, 0.2) is 5.58 Å². The van der Waals surface area contributed by atoms with E-state index in [4.69, 9.17) is 9.26 Å². The van der Waals surface area contributed by atoms with Crippen molar-refractivity contribution in [3.63, 3.8) is 0 Å². The first-order valence-electron chi connectivity index (χ1n) is 13.0. The lowest BCUT2D eigenvalue weighted by atomic mass is 9.86. The molecule has 34 heavy (non-hydrogen) atoms. The number of nitrogens with one attached hydrogen (secondary N) is 1. The number of aromatic nitrogens is 2. The molecule has 3 fully saturated rings. The molecule has 180 valence electrons. The van der Waals surface area contributed by atoms with Crippen LogP contribution in [0.1, 0.15) is 49.4 Å². The Balaban J connectivity index is 1.03. The molecular weight excluding hydrogens is 426 g/mol. The van der Waals surface area contributed by atoms with Crippen LogP contribution >= 0.6 is 0 Å². The van der Waals surface area contributed by atoms with Crippen molar-refractivity contribution in [3.05, 3.63) is 53.9 Å². The van der Waals surface area contributed by atoms with Gasteiger partial charge >= 0.3 is 0 Å². The fourth-order valence-electron chi connectivity index (χ4n) is 6.00. The van der Waals surface area contributed by atoms with E-state index in [-0.39, 0.29) is 6.04 Å². The third-order valence-corrected chi connectivity index (χ3v) is 7.80. The van der Waals surface area contributed by atoms with Crippen LogP contribution in [0.4, 0.5) is 0 Å². The van der Waals surface area contributed by atoms with Gasteiger partial charge in [-0.3, -0.25) is 9.80 Å². The maximum absolute atomic E-state index is 6.13. The van der Waals surface area contributed by atoms with Gasteiger partial charge in [0, 0.05) is 55.8 Å². The lowest BCUT2D eigenvalue weighted by molar-refractivity contribution is 0.0371. The highest BCUT2D eigenvalue weighted by atomic mass is 16.5. The zero-order chi connectivity index (χ0) is 22.7. The number of hydrogen-bond acceptors (Lipinski definition) is 7. The minimum absolute atomic E-state index is 0.216. The molecule has 3 aliphatic heterocycles. The van der Waals surface area contributed by atoms with Crippen LogP contribution in [0.3, 0.4) is 0 Å². The number of likely N-dealkylation sites (tertiary alicyclic amines) is 1. The minimum Gasteiger partial charge on any atom is -0.477 e. The van der Waals surface area contributed by atoms with Crippen LogP contribution in [-0.4, -0.2) is 65.3 Å². The van der Waals surface area contributed by atoms with Crippen molar-refractivity contribution in [2.45, 2.75) is 50.7 Å². The summed E-state index contributed by atoms with van der Waals surface area (Å²) in [7, 11) is 0. The summed E-state index contributed by atoms with van der Waals surface area (Å²) < 4.78 is 11.7. The number of para-hydroxylation sites is 1. The van der Waals surface area contributed by atoms with Crippen LogP contribution in [0, 0.1) is 5.92 Å². The number of piperidine rings is 2. The number of ether oxygens (including phenoxy) is 1. The summed E-state index contributed by atoms with van der Waals surface area (Å²) in [4.78, 5) is 9.75. The molecule has 5 heterocycles. The molecule has 0 bridgehead atoms. The maximum Gasteiger partial charge on any atom is 0.213 e. The molecule has 3 aromatic rings. The standard InChI is InChI=1S/C27H35N5O2/c1-4-13-31(14-5-1)17-20-9-11-25(29-16-20)33-19-21-8-10-23-27(28-12-15-32(23)18-21)26-22-6-2-3-7-24(22)34-30-26/h2-3,6-7,9,11,16,21,23,27-28H,1,4-5,8,10,12-15,17-19H2. The van der Waals surface area contributed by atoms with Gasteiger partial charge in [-0.05, 0) is 56.5 Å². The second kappa shape index (κ2) is 10.0. The highest BCUT2D eigenvalue weighted by Crippen LogP contribution is 2.35. The third kappa shape index (κ3) is 4.69. The molecule has 0 aliphatic carbocycles. The number of benzene rings is 1. The van der Waals surface area contributed by atoms with Gasteiger partial charge in [-0.25, -0.2) is 4.98 Å². The van der Waals surface area contributed by atoms with E-state index in [9.17, 15) is 0 Å². The molecule has 7 heteroatoms. The van der Waals surface area contributed by atoms with E-state index in [0.717, 1.165) is 68.2 Å². The first kappa shape index (κ1) is 22.0. The Bertz CT molecular complexity index is 1080. The zero-order valence-electron chi connectivity index (χ0n) is 19.9. The summed E-state index contributed by atoms with van der Waals surface area (Å²) in [5, 5.41) is 9.29. The first-order chi connectivity index (χ1) is 16.8. The van der Waals surface area contributed by atoms with Gasteiger partial charge in [-0.15, -0.1) is 0 Å². The summed E-state index contributed by atoms with van der Waals surface area (Å²) in [5.74, 6) is 1.27. The second-order valence-corrected chi connectivity index (χ2v) is 10.2. The van der Waals surface area contributed by atoms with Gasteiger partial charge in [0.25, 0.3) is 0 Å². The van der Waals surface area contributed by atoms with Crippen molar-refractivity contribution < 1.29 is 9.26 Å². The van der Waals surface area contributed by atoms with Crippen molar-refractivity contribution in [1.29, 1.82) is 0 Å². The second-order valence-electron chi connectivity index (χ2n) is 10.2. The number of pyridine rings is 1. The van der Waals surface area contributed by atoms with Crippen molar-refractivity contribution in [2.75, 3.05) is 39.3 Å². The molecule has 6 rings (SSSR count). The Labute approximate surface area is 201 Å². The fourth-order valence-corrected chi connectivity index (χ4v) is 6.00. The van der Waals surface area contributed by atoms with Gasteiger partial charge in [-0.2, -0.15) is 0 Å². The monoisotopic (exact) mass is 461 g/mol. The van der Waals surface area contributed by atoms with E-state index in [2.05, 4.69) is 43.5 Å². The lowest BCUT2D eigenvalue weighted by Crippen LogP contribution is -2.57. The predicted molar refractivity (Wildman–Crippen MR) is 132 cm³/mol. The van der Waals surface area contributed by atoms with E-state index in [1.54, 1.807) is 0 Å². The fraction of sp³-hybridized carbons (Fsp3) is 0.556. The van der Waals surface area contributed by atoms with E-state index in [0.29, 0.717) is 12.0 Å². The Hall–Kier alpha value is -2.48. The van der Waals surface area contributed by atoms with E-state index < -0.39 is 0 Å². The summed E-state index contributed by atoms with van der Waals surface area (Å²) in [6.07, 6.45) is 8.29. The maximum atomic E-state index is 6.13. The molecule has 1 N–H and O–H groups in total. The van der Waals surface area contributed by atoms with Crippen LogP contribution in [0.5, 0.6) is 5.88 Å². The third-order valence-electron chi connectivity index (χ3n) is 7.80. The Morgan fingerprint density at radius 3 is 2.82 bits per heavy atom. The highest BCUT2D eigenvalue weighted by molar-refractivity contribution is 5.79. The molecule has 0 radical (unpaired) electrons. The summed E-state index contributed by atoms with van der Waals surface area (Å²) >= 11 is 0. The normalized spacial score (nSPS) is 26.4. The topological polar surface area (TPSA) is 66.7 Å². The molecule has 3 atom stereocenters. The molecule has 3 saturated heterocycles. The first-order valence-corrected chi connectivity index (χ1v) is 13.0. The number of hydrogen-bond donors (Lipinski definition) is 1. The van der Waals surface area contributed by atoms with Crippen molar-refractivity contribution in [3.8, 4) is 5.88 Å². The average Bonchev–Trinajstić information content (AvgIpc) is 3.32. The summed E-state index contributed by atoms with van der Waals surface area (Å²) in [6, 6.07) is 13.1. The van der Waals surface area contributed by atoms with E-state index in [1.165, 1.54) is 37.9 Å². The Morgan fingerprint density at radius 1 is 1.03 bits per heavy atom. The average molecular weight is 462 g/mol. The van der Waals surface area contributed by atoms with Gasteiger partial charge in [0.2, 0.25) is 5.88 Å². The van der Waals surface area contributed by atoms with Crippen LogP contribution in [-0.2, 0) is 6.54 Å². The molecule has 7 nitrogen and oxygen atoms in total. The molecule has 0 spiro atoms. The molecule has 3 unspecified atom stereocenters. The van der Waals surface area contributed by atoms with Gasteiger partial charge in [0.1, 0.15) is 5.69 Å². The Kier molecular flexibility index (Phi) is 6.49. The number of fused-ring (bicyclic) bond motifs is 2. The van der Waals surface area contributed by atoms with Crippen molar-refractivity contribution in [2.24, 2.45) is 5.92 Å². The van der Waals surface area contributed by atoms with Crippen LogP contribution < -0.4 is 10.1 Å². The number of rotatable bonds is 6. The quantitative estimate of drug-likeness (QED) is 0.595. The zero-order valence-corrected chi connectivity index (χ0v) is 19.9. The van der Waals surface area contributed by atoms with Gasteiger partial charge < -0.3 is 14.6 Å². The summed E-state index contributed by atoms with van der Waals surface area (Å²) in [5.41, 5.74) is 3.20. The predicted octanol–water partition coefficient (Wildman–Crippen LogP) is 4.01. The van der Waals surface area contributed by atoms with Crippen molar-refractivity contribution >= 4 is 11.0 Å². The largest absolute Gasteiger partial charge is 0.477 e. The minimum atomic E-state index is 0.216. The molecular formula is C27H35N5O2. The van der Waals surface area contributed by atoms with Crippen LogP contribution in [0.2, 0.25) is 0 Å². The van der Waals surface area contributed by atoms with Gasteiger partial charge in [0.05, 0.1) is 12.6 Å². The molecule has 0 saturated carbocycles. The number of nitrogens with zero attached hydrogens (tertiary/aromatic N) is 4. The SMILES string of the molecule is c1ccc2c(C3NCCN4CC(COc5ccc(CN6CCCCC6)cn5)CCC34)noc2c1. The highest BCUT2D eigenvalue weighted by Gasteiger charge is 2.39. The van der Waals surface area contributed by atoms with Crippen LogP contribution in [0.15, 0.2) is 47.1 Å². The summed E-state index contributed by atoms with van der Waals surface area (Å²) in [6.45, 7) is 7.24. The Morgan fingerprint density at radius 2 is 1.94 bits per heavy atom. The smallest absolute Gasteiger partial charge is 0.213 e. The van der Waals surface area contributed by atoms with Crippen molar-refractivity contribution in [1.82, 2.24) is 25.3 Å². The molecule has 0 amide bonds. The van der Waals surface area contributed by atoms with Gasteiger partial charge in [-0.1, -0.05) is 29.8 Å². The molecule has 3 aliphatic rings. The molecule has 2 aromatic heterocycles. The lowest BCUT2D eigenvalue weighted by Gasteiger charge is -2.46. The van der Waals surface area contributed by atoms with E-state index >= 15 is 0 Å². The van der Waals surface area contributed by atoms with Crippen LogP contribution in [0.25, 0.3) is 11.0 Å². The number of piperazine rings is 1. The molecule has 1 aromatic carbocycles. The van der Waals surface area contributed by atoms with E-state index in [1.807, 2.05) is 24.4 Å².